The minimum atomic E-state index is -0.547. The molecule has 5 heteroatoms. The second kappa shape index (κ2) is 6.70. The van der Waals surface area contributed by atoms with Gasteiger partial charge in [0.1, 0.15) is 0 Å². The first-order chi connectivity index (χ1) is 9.22. The lowest BCUT2D eigenvalue weighted by atomic mass is 10.2. The highest BCUT2D eigenvalue weighted by atomic mass is 35.5. The average molecular weight is 281 g/mol. The van der Waals surface area contributed by atoms with Crippen LogP contribution in [0.2, 0.25) is 5.02 Å². The van der Waals surface area contributed by atoms with Crippen molar-refractivity contribution in [3.8, 4) is 0 Å². The summed E-state index contributed by atoms with van der Waals surface area (Å²) in [5.41, 5.74) is 1.66. The number of rotatable bonds is 6. The number of nitrogens with one attached hydrogen (secondary N) is 1. The fraction of sp³-hybridized carbons (Fsp3) is 0.357. The molecule has 1 aromatic heterocycles. The minimum Gasteiger partial charge on any atom is -0.389 e. The van der Waals surface area contributed by atoms with Crippen LogP contribution in [0.15, 0.2) is 30.5 Å². The maximum atomic E-state index is 9.73. The number of benzene rings is 1. The summed E-state index contributed by atoms with van der Waals surface area (Å²) < 4.78 is 5.16. The third-order valence-corrected chi connectivity index (χ3v) is 3.09. The molecule has 1 aromatic carbocycles. The van der Waals surface area contributed by atoms with Crippen LogP contribution in [0, 0.1) is 0 Å². The van der Waals surface area contributed by atoms with Gasteiger partial charge in [-0.3, -0.25) is 4.98 Å². The van der Waals surface area contributed by atoms with Gasteiger partial charge in [-0.2, -0.15) is 0 Å². The molecule has 0 fully saturated rings. The zero-order chi connectivity index (χ0) is 13.7. The van der Waals surface area contributed by atoms with Gasteiger partial charge in [-0.25, -0.2) is 0 Å². The molecule has 0 radical (unpaired) electrons. The largest absolute Gasteiger partial charge is 0.389 e. The smallest absolute Gasteiger partial charge is 0.0948 e. The van der Waals surface area contributed by atoms with Gasteiger partial charge in [-0.05, 0) is 31.2 Å². The number of fused-ring (bicyclic) bond motifs is 1. The van der Waals surface area contributed by atoms with Gasteiger partial charge in [0.15, 0.2) is 0 Å². The Morgan fingerprint density at radius 1 is 1.42 bits per heavy atom. The maximum absolute atomic E-state index is 9.73. The van der Waals surface area contributed by atoms with Crippen LogP contribution in [0.1, 0.15) is 6.92 Å². The van der Waals surface area contributed by atoms with Crippen LogP contribution < -0.4 is 5.32 Å². The lowest BCUT2D eigenvalue weighted by molar-refractivity contribution is 0.0496. The second-order valence-electron chi connectivity index (χ2n) is 4.19. The molecular weight excluding hydrogens is 264 g/mol. The summed E-state index contributed by atoms with van der Waals surface area (Å²) in [6, 6.07) is 7.46. The van der Waals surface area contributed by atoms with Crippen LogP contribution in [0.25, 0.3) is 10.9 Å². The summed E-state index contributed by atoms with van der Waals surface area (Å²) in [6.45, 7) is 3.23. The zero-order valence-corrected chi connectivity index (χ0v) is 11.5. The van der Waals surface area contributed by atoms with Crippen molar-refractivity contribution in [2.45, 2.75) is 13.0 Å². The number of aliphatic hydroxyl groups is 1. The van der Waals surface area contributed by atoms with Crippen molar-refractivity contribution < 1.29 is 9.84 Å². The van der Waals surface area contributed by atoms with Gasteiger partial charge in [0, 0.05) is 24.7 Å². The van der Waals surface area contributed by atoms with Crippen molar-refractivity contribution >= 4 is 28.2 Å². The van der Waals surface area contributed by atoms with Crippen LogP contribution in [0.4, 0.5) is 5.69 Å². The van der Waals surface area contributed by atoms with Gasteiger partial charge >= 0.3 is 0 Å². The fourth-order valence-corrected chi connectivity index (χ4v) is 2.04. The second-order valence-corrected chi connectivity index (χ2v) is 4.60. The number of anilines is 1. The molecule has 0 amide bonds. The van der Waals surface area contributed by atoms with Gasteiger partial charge in [-0.1, -0.05) is 11.6 Å². The van der Waals surface area contributed by atoms with Gasteiger partial charge in [-0.15, -0.1) is 0 Å². The van der Waals surface area contributed by atoms with E-state index in [2.05, 4.69) is 10.3 Å². The molecule has 4 nitrogen and oxygen atoms in total. The van der Waals surface area contributed by atoms with Crippen LogP contribution in [0.3, 0.4) is 0 Å². The molecule has 1 unspecified atom stereocenters. The zero-order valence-electron chi connectivity index (χ0n) is 10.8. The Kier molecular flexibility index (Phi) is 4.96. The molecule has 0 saturated carbocycles. The predicted molar refractivity (Wildman–Crippen MR) is 77.7 cm³/mol. The third kappa shape index (κ3) is 3.56. The summed E-state index contributed by atoms with van der Waals surface area (Å²) >= 11 is 6.12. The fourth-order valence-electron chi connectivity index (χ4n) is 1.82. The quantitative estimate of drug-likeness (QED) is 0.854. The van der Waals surface area contributed by atoms with Gasteiger partial charge in [0.05, 0.1) is 28.9 Å². The first kappa shape index (κ1) is 14.1. The van der Waals surface area contributed by atoms with E-state index in [9.17, 15) is 5.11 Å². The molecular formula is C14H17ClN2O2. The standard InChI is InChI=1S/C14H17ClN2O2/c1-2-19-9-10(18)8-17-13-6-5-12(15)11-4-3-7-16-14(11)13/h3-7,10,17-18H,2,8-9H2,1H3. The van der Waals surface area contributed by atoms with E-state index < -0.39 is 6.10 Å². The van der Waals surface area contributed by atoms with E-state index in [1.165, 1.54) is 0 Å². The normalized spacial score (nSPS) is 12.6. The topological polar surface area (TPSA) is 54.4 Å². The molecule has 19 heavy (non-hydrogen) atoms. The summed E-state index contributed by atoms with van der Waals surface area (Å²) in [4.78, 5) is 4.32. The summed E-state index contributed by atoms with van der Waals surface area (Å²) in [5.74, 6) is 0. The minimum absolute atomic E-state index is 0.322. The number of pyridine rings is 1. The van der Waals surface area contributed by atoms with Gasteiger partial charge in [0.25, 0.3) is 0 Å². The van der Waals surface area contributed by atoms with Crippen molar-refractivity contribution in [3.63, 3.8) is 0 Å². The SMILES string of the molecule is CCOCC(O)CNc1ccc(Cl)c2cccnc12. The third-order valence-electron chi connectivity index (χ3n) is 2.76. The van der Waals surface area contributed by atoms with E-state index in [1.54, 1.807) is 6.20 Å². The Hall–Kier alpha value is -1.36. The monoisotopic (exact) mass is 280 g/mol. The number of aromatic nitrogens is 1. The molecule has 2 N–H and O–H groups in total. The number of halogens is 1. The Balaban J connectivity index is 2.11. The van der Waals surface area contributed by atoms with Gasteiger partial charge in [0.2, 0.25) is 0 Å². The van der Waals surface area contributed by atoms with Crippen LogP contribution in [-0.4, -0.2) is 36.0 Å². The molecule has 0 aliphatic rings. The van der Waals surface area contributed by atoms with E-state index in [0.29, 0.717) is 24.8 Å². The van der Waals surface area contributed by atoms with Crippen LogP contribution in [-0.2, 0) is 4.74 Å². The van der Waals surface area contributed by atoms with Crippen molar-refractivity contribution in [3.05, 3.63) is 35.5 Å². The molecule has 2 aromatic rings. The number of aliphatic hydroxyl groups excluding tert-OH is 1. The number of hydrogen-bond acceptors (Lipinski definition) is 4. The van der Waals surface area contributed by atoms with E-state index in [-0.39, 0.29) is 0 Å². The summed E-state index contributed by atoms with van der Waals surface area (Å²) in [6.07, 6.45) is 1.18. The van der Waals surface area contributed by atoms with E-state index in [0.717, 1.165) is 16.6 Å². The highest BCUT2D eigenvalue weighted by Crippen LogP contribution is 2.27. The van der Waals surface area contributed by atoms with Crippen molar-refractivity contribution in [1.82, 2.24) is 4.98 Å². The first-order valence-electron chi connectivity index (χ1n) is 6.25. The van der Waals surface area contributed by atoms with Crippen molar-refractivity contribution in [1.29, 1.82) is 0 Å². The molecule has 0 saturated heterocycles. The van der Waals surface area contributed by atoms with Crippen molar-refractivity contribution in [2.24, 2.45) is 0 Å². The van der Waals surface area contributed by atoms with E-state index in [1.807, 2.05) is 31.2 Å². The molecule has 0 bridgehead atoms. The molecule has 1 heterocycles. The number of ether oxygens (including phenoxy) is 1. The highest BCUT2D eigenvalue weighted by molar-refractivity contribution is 6.35. The average Bonchev–Trinajstić information content (AvgIpc) is 2.45. The molecule has 0 spiro atoms. The number of hydrogen-bond donors (Lipinski definition) is 2. The van der Waals surface area contributed by atoms with Crippen LogP contribution >= 0.6 is 11.6 Å². The Morgan fingerprint density at radius 3 is 3.05 bits per heavy atom. The molecule has 2 rings (SSSR count). The Morgan fingerprint density at radius 2 is 2.26 bits per heavy atom. The maximum Gasteiger partial charge on any atom is 0.0948 e. The molecule has 0 aliphatic carbocycles. The predicted octanol–water partition coefficient (Wildman–Crippen LogP) is 2.70. The molecule has 0 aliphatic heterocycles. The summed E-state index contributed by atoms with van der Waals surface area (Å²) in [5, 5.41) is 14.5. The Bertz CT molecular complexity index is 548. The van der Waals surface area contributed by atoms with Gasteiger partial charge < -0.3 is 15.2 Å². The lowest BCUT2D eigenvalue weighted by Gasteiger charge is -2.14. The lowest BCUT2D eigenvalue weighted by Crippen LogP contribution is -2.24. The first-order valence-corrected chi connectivity index (χ1v) is 6.63. The van der Waals surface area contributed by atoms with E-state index in [4.69, 9.17) is 16.3 Å². The highest BCUT2D eigenvalue weighted by Gasteiger charge is 2.08. The molecule has 102 valence electrons. The van der Waals surface area contributed by atoms with Crippen LogP contribution in [0.5, 0.6) is 0 Å². The van der Waals surface area contributed by atoms with Crippen molar-refractivity contribution in [2.75, 3.05) is 25.1 Å². The Labute approximate surface area is 117 Å². The summed E-state index contributed by atoms with van der Waals surface area (Å²) in [7, 11) is 0. The van der Waals surface area contributed by atoms with E-state index >= 15 is 0 Å². The number of nitrogens with zero attached hydrogens (tertiary/aromatic N) is 1. The molecule has 1 atom stereocenters.